The third-order valence-electron chi connectivity index (χ3n) is 8.88. The minimum absolute atomic E-state index is 0.0798. The molecule has 5 rings (SSSR count). The minimum Gasteiger partial charge on any atom is -0.383 e. The standard InChI is InChI=1S/C32H41FN4OS/c1-22(24(3)34-20-27-7-9-28(10-8-27)30(6,33)39)19-29(37-23(2)11-18-36-37)25(4)35-21-31-12-15-32(16-13-31,17-14-31)26(5)38/h7-11,18-19,34-35,39H,1,3-4,12-17,20-21H2,2,5-6H3/b29-19-. The second kappa shape index (κ2) is 11.2. The molecule has 1 heterocycles. The van der Waals surface area contributed by atoms with Gasteiger partial charge in [0.15, 0.2) is 5.00 Å². The number of allylic oxidation sites excluding steroid dienone is 2. The van der Waals surface area contributed by atoms with Crippen LogP contribution in [0.4, 0.5) is 4.39 Å². The predicted molar refractivity (Wildman–Crippen MR) is 161 cm³/mol. The topological polar surface area (TPSA) is 59.0 Å². The lowest BCUT2D eigenvalue weighted by Gasteiger charge is -2.52. The lowest BCUT2D eigenvalue weighted by Crippen LogP contribution is -2.49. The molecule has 3 saturated carbocycles. The van der Waals surface area contributed by atoms with Crippen LogP contribution >= 0.6 is 12.6 Å². The molecule has 3 aliphatic rings. The summed E-state index contributed by atoms with van der Waals surface area (Å²) in [4.78, 5) is 12.2. The van der Waals surface area contributed by atoms with E-state index >= 15 is 0 Å². The Morgan fingerprint density at radius 2 is 1.69 bits per heavy atom. The quantitative estimate of drug-likeness (QED) is 0.198. The lowest BCUT2D eigenvalue weighted by molar-refractivity contribution is -0.135. The van der Waals surface area contributed by atoms with Gasteiger partial charge >= 0.3 is 0 Å². The van der Waals surface area contributed by atoms with Gasteiger partial charge in [-0.3, -0.25) is 4.79 Å². The normalized spacial score (nSPS) is 24.1. The second-order valence-electron chi connectivity index (χ2n) is 11.6. The van der Waals surface area contributed by atoms with Crippen molar-refractivity contribution in [1.82, 2.24) is 20.4 Å². The Morgan fingerprint density at radius 3 is 2.21 bits per heavy atom. The third kappa shape index (κ3) is 6.40. The molecule has 1 unspecified atom stereocenters. The number of halogens is 1. The van der Waals surface area contributed by atoms with E-state index in [1.54, 1.807) is 25.3 Å². The van der Waals surface area contributed by atoms with Crippen LogP contribution in [0.15, 0.2) is 79.3 Å². The highest BCUT2D eigenvalue weighted by Gasteiger charge is 2.50. The van der Waals surface area contributed by atoms with Gasteiger partial charge < -0.3 is 10.6 Å². The van der Waals surface area contributed by atoms with E-state index in [2.05, 4.69) is 48.1 Å². The van der Waals surface area contributed by atoms with E-state index < -0.39 is 5.00 Å². The summed E-state index contributed by atoms with van der Waals surface area (Å²) in [6, 6.07) is 9.20. The molecule has 0 radical (unpaired) electrons. The Morgan fingerprint density at radius 1 is 1.08 bits per heavy atom. The van der Waals surface area contributed by atoms with Gasteiger partial charge in [0.05, 0.1) is 11.4 Å². The molecule has 1 atom stereocenters. The molecule has 2 bridgehead atoms. The van der Waals surface area contributed by atoms with Gasteiger partial charge in [-0.2, -0.15) is 5.10 Å². The minimum atomic E-state index is -1.67. The lowest BCUT2D eigenvalue weighted by atomic mass is 9.52. The van der Waals surface area contributed by atoms with E-state index in [0.29, 0.717) is 29.2 Å². The number of fused-ring (bicyclic) bond motifs is 3. The summed E-state index contributed by atoms with van der Waals surface area (Å²) in [5.41, 5.74) is 5.60. The summed E-state index contributed by atoms with van der Waals surface area (Å²) in [5, 5.41) is 9.78. The van der Waals surface area contributed by atoms with Crippen LogP contribution in [-0.2, 0) is 16.3 Å². The first-order chi connectivity index (χ1) is 18.3. The molecule has 3 fully saturated rings. The zero-order valence-corrected chi connectivity index (χ0v) is 24.3. The molecule has 39 heavy (non-hydrogen) atoms. The van der Waals surface area contributed by atoms with E-state index in [9.17, 15) is 9.18 Å². The van der Waals surface area contributed by atoms with Crippen molar-refractivity contribution in [3.05, 3.63) is 96.1 Å². The summed E-state index contributed by atoms with van der Waals surface area (Å²) >= 11 is 3.99. The molecule has 208 valence electrons. The maximum atomic E-state index is 14.0. The van der Waals surface area contributed by atoms with Crippen LogP contribution < -0.4 is 10.6 Å². The van der Waals surface area contributed by atoms with Gasteiger partial charge in [-0.1, -0.05) is 44.0 Å². The number of nitrogens with zero attached hydrogens (tertiary/aromatic N) is 2. The number of alkyl halides is 1. The number of Topliss-reactive ketones (excluding diaryl/α,β-unsaturated/α-hetero) is 1. The summed E-state index contributed by atoms with van der Waals surface area (Å²) < 4.78 is 15.9. The monoisotopic (exact) mass is 548 g/mol. The van der Waals surface area contributed by atoms with Crippen molar-refractivity contribution in [3.8, 4) is 0 Å². The number of carbonyl (C=O) groups is 1. The molecule has 0 saturated heterocycles. The Kier molecular flexibility index (Phi) is 8.31. The molecule has 1 aromatic carbocycles. The van der Waals surface area contributed by atoms with E-state index in [1.165, 1.54) is 6.92 Å². The average Bonchev–Trinajstić information content (AvgIpc) is 3.34. The first kappa shape index (κ1) is 28.9. The van der Waals surface area contributed by atoms with Crippen molar-refractivity contribution < 1.29 is 9.18 Å². The fraction of sp³-hybridized carbons (Fsp3) is 0.438. The van der Waals surface area contributed by atoms with Crippen molar-refractivity contribution >= 4 is 24.1 Å². The fourth-order valence-corrected chi connectivity index (χ4v) is 5.99. The van der Waals surface area contributed by atoms with Crippen LogP contribution in [0, 0.1) is 17.8 Å². The number of thiol groups is 1. The highest BCUT2D eigenvalue weighted by molar-refractivity contribution is 7.81. The van der Waals surface area contributed by atoms with Gasteiger partial charge in [-0.25, -0.2) is 9.07 Å². The van der Waals surface area contributed by atoms with Gasteiger partial charge in [-0.15, -0.1) is 12.6 Å². The third-order valence-corrected chi connectivity index (χ3v) is 9.14. The Hall–Kier alpha value is -3.06. The highest BCUT2D eigenvalue weighted by Crippen LogP contribution is 2.57. The molecule has 0 amide bonds. The SMILES string of the molecule is C=C(/C=C(/C(=C)NCC12CCC(C(C)=O)(CC1)CC2)n1nccc1C)C(=C)NCc1ccc(C(C)(F)S)cc1. The number of benzene rings is 1. The van der Waals surface area contributed by atoms with Crippen molar-refractivity contribution in [1.29, 1.82) is 0 Å². The van der Waals surface area contributed by atoms with Crippen LogP contribution in [0.25, 0.3) is 5.70 Å². The number of hydrogen-bond donors (Lipinski definition) is 3. The molecule has 0 spiro atoms. The predicted octanol–water partition coefficient (Wildman–Crippen LogP) is 7.00. The van der Waals surface area contributed by atoms with E-state index in [4.69, 9.17) is 0 Å². The molecule has 2 aromatic rings. The highest BCUT2D eigenvalue weighted by atomic mass is 32.1. The number of hydrogen-bond acceptors (Lipinski definition) is 5. The number of carbonyl (C=O) groups excluding carboxylic acids is 1. The number of aromatic nitrogens is 2. The smallest absolute Gasteiger partial charge is 0.175 e. The van der Waals surface area contributed by atoms with Gasteiger partial charge in [0.2, 0.25) is 0 Å². The van der Waals surface area contributed by atoms with E-state index in [-0.39, 0.29) is 10.8 Å². The van der Waals surface area contributed by atoms with Crippen LogP contribution in [-0.4, -0.2) is 22.1 Å². The average molecular weight is 549 g/mol. The molecular weight excluding hydrogens is 507 g/mol. The maximum absolute atomic E-state index is 14.0. The van der Waals surface area contributed by atoms with Crippen LogP contribution in [0.1, 0.15) is 69.2 Å². The van der Waals surface area contributed by atoms with Crippen LogP contribution in [0.5, 0.6) is 0 Å². The van der Waals surface area contributed by atoms with E-state index in [1.807, 2.05) is 35.9 Å². The zero-order valence-electron chi connectivity index (χ0n) is 23.4. The number of nitrogens with one attached hydrogen (secondary N) is 2. The fourth-order valence-electron chi connectivity index (χ4n) is 5.84. The van der Waals surface area contributed by atoms with Crippen molar-refractivity contribution in [3.63, 3.8) is 0 Å². The summed E-state index contributed by atoms with van der Waals surface area (Å²) in [7, 11) is 0. The van der Waals surface area contributed by atoms with Crippen molar-refractivity contribution in [2.75, 3.05) is 6.54 Å². The van der Waals surface area contributed by atoms with Gasteiger partial charge in [0.25, 0.3) is 0 Å². The Bertz CT molecular complexity index is 1270. The first-order valence-corrected chi connectivity index (χ1v) is 14.1. The van der Waals surface area contributed by atoms with Crippen molar-refractivity contribution in [2.45, 2.75) is 70.8 Å². The van der Waals surface area contributed by atoms with Gasteiger partial charge in [0.1, 0.15) is 5.78 Å². The Labute approximate surface area is 237 Å². The molecule has 7 heteroatoms. The van der Waals surface area contributed by atoms with Crippen LogP contribution in [0.3, 0.4) is 0 Å². The molecule has 1 aromatic heterocycles. The number of rotatable bonds is 12. The van der Waals surface area contributed by atoms with Crippen LogP contribution in [0.2, 0.25) is 0 Å². The van der Waals surface area contributed by atoms with Crippen molar-refractivity contribution in [2.24, 2.45) is 10.8 Å². The van der Waals surface area contributed by atoms with Gasteiger partial charge in [0, 0.05) is 36.1 Å². The maximum Gasteiger partial charge on any atom is 0.175 e. The number of ketones is 1. The molecule has 2 N–H and O–H groups in total. The largest absolute Gasteiger partial charge is 0.383 e. The molecule has 3 aliphatic carbocycles. The summed E-state index contributed by atoms with van der Waals surface area (Å²) in [5.74, 6) is 0.359. The molecule has 5 nitrogen and oxygen atoms in total. The van der Waals surface area contributed by atoms with E-state index in [0.717, 1.165) is 67.7 Å². The summed E-state index contributed by atoms with van der Waals surface area (Å²) in [6.45, 7) is 19.3. The number of aryl methyl sites for hydroxylation is 1. The second-order valence-corrected chi connectivity index (χ2v) is 12.4. The zero-order chi connectivity index (χ0) is 28.4. The van der Waals surface area contributed by atoms with Gasteiger partial charge in [-0.05, 0) is 93.6 Å². The molecule has 0 aliphatic heterocycles. The summed E-state index contributed by atoms with van der Waals surface area (Å²) in [6.07, 6.45) is 9.90. The molecular formula is C32H41FN4OS. The Balaban J connectivity index is 1.42. The first-order valence-electron chi connectivity index (χ1n) is 13.6.